The number of nitrogens with one attached hydrogen (secondary N) is 1. The van der Waals surface area contributed by atoms with E-state index >= 15 is 0 Å². The van der Waals surface area contributed by atoms with Crippen LogP contribution in [-0.4, -0.2) is 17.0 Å². The zero-order valence-electron chi connectivity index (χ0n) is 12.3. The largest absolute Gasteiger partial charge is 0.480 e. The second-order valence-corrected chi connectivity index (χ2v) is 6.94. The van der Waals surface area contributed by atoms with Crippen LogP contribution in [0.25, 0.3) is 0 Å². The summed E-state index contributed by atoms with van der Waals surface area (Å²) < 4.78 is 5.73. The summed E-state index contributed by atoms with van der Waals surface area (Å²) in [5, 5.41) is 3.66. The van der Waals surface area contributed by atoms with Crippen molar-refractivity contribution in [2.45, 2.75) is 44.6 Å². The Balaban J connectivity index is 1.45. The van der Waals surface area contributed by atoms with Crippen LogP contribution in [0.2, 0.25) is 0 Å². The molecule has 4 nitrogen and oxygen atoms in total. The molecule has 0 radical (unpaired) electrons. The maximum atomic E-state index is 12.4. The first-order valence-electron chi connectivity index (χ1n) is 7.83. The zero-order chi connectivity index (χ0) is 14.9. The van der Waals surface area contributed by atoms with E-state index in [1.54, 1.807) is 11.3 Å². The molecule has 22 heavy (non-hydrogen) atoms. The zero-order valence-corrected chi connectivity index (χ0v) is 13.1. The van der Waals surface area contributed by atoms with Gasteiger partial charge in [-0.25, -0.2) is 4.98 Å². The number of thiazole rings is 1. The van der Waals surface area contributed by atoms with E-state index in [0.29, 0.717) is 6.42 Å². The molecule has 0 saturated heterocycles. The number of aryl methyl sites for hydroxylation is 2. The smallest absolute Gasteiger partial charge is 0.267 e. The summed E-state index contributed by atoms with van der Waals surface area (Å²) in [6.07, 6.45) is 6.02. The van der Waals surface area contributed by atoms with Gasteiger partial charge < -0.3 is 4.74 Å². The lowest BCUT2D eigenvalue weighted by Crippen LogP contribution is -2.31. The summed E-state index contributed by atoms with van der Waals surface area (Å²) in [5.41, 5.74) is 2.27. The highest BCUT2D eigenvalue weighted by atomic mass is 32.1. The predicted octanol–water partition coefficient (Wildman–Crippen LogP) is 3.35. The quantitative estimate of drug-likeness (QED) is 0.865. The molecule has 2 heterocycles. The van der Waals surface area contributed by atoms with Gasteiger partial charge in [0.15, 0.2) is 11.2 Å². The Labute approximate surface area is 133 Å². The Hall–Kier alpha value is -1.88. The first-order chi connectivity index (χ1) is 10.8. The van der Waals surface area contributed by atoms with E-state index < -0.39 is 6.10 Å². The van der Waals surface area contributed by atoms with Crippen molar-refractivity contribution in [3.05, 3.63) is 40.4 Å². The number of carbonyl (C=O) groups excluding carboxylic acids is 1. The van der Waals surface area contributed by atoms with Gasteiger partial charge in [-0.3, -0.25) is 10.1 Å². The predicted molar refractivity (Wildman–Crippen MR) is 86.6 cm³/mol. The van der Waals surface area contributed by atoms with Gasteiger partial charge in [-0.15, -0.1) is 11.3 Å². The molecule has 0 unspecified atom stereocenters. The van der Waals surface area contributed by atoms with E-state index in [2.05, 4.69) is 10.3 Å². The lowest BCUT2D eigenvalue weighted by molar-refractivity contribution is -0.122. The minimum atomic E-state index is -0.443. The Morgan fingerprint density at radius 2 is 2.09 bits per heavy atom. The van der Waals surface area contributed by atoms with Gasteiger partial charge in [-0.05, 0) is 37.3 Å². The van der Waals surface area contributed by atoms with E-state index in [1.807, 2.05) is 24.3 Å². The van der Waals surface area contributed by atoms with Gasteiger partial charge in [0.1, 0.15) is 5.75 Å². The van der Waals surface area contributed by atoms with Crippen molar-refractivity contribution in [2.75, 3.05) is 5.32 Å². The Kier molecular flexibility index (Phi) is 3.58. The third kappa shape index (κ3) is 2.61. The molecule has 0 bridgehead atoms. The second-order valence-electron chi connectivity index (χ2n) is 5.86. The molecule has 1 aromatic carbocycles. The van der Waals surface area contributed by atoms with E-state index in [-0.39, 0.29) is 5.91 Å². The van der Waals surface area contributed by atoms with Crippen molar-refractivity contribution in [1.82, 2.24) is 4.98 Å². The van der Waals surface area contributed by atoms with Crippen molar-refractivity contribution in [3.8, 4) is 5.75 Å². The number of fused-ring (bicyclic) bond motifs is 2. The first kappa shape index (κ1) is 13.8. The number of benzene rings is 1. The second kappa shape index (κ2) is 5.72. The minimum absolute atomic E-state index is 0.0971. The third-order valence-corrected chi connectivity index (χ3v) is 5.34. The fourth-order valence-electron chi connectivity index (χ4n) is 3.10. The molecular formula is C17H18N2O2S. The van der Waals surface area contributed by atoms with Gasteiger partial charge in [-0.1, -0.05) is 24.6 Å². The average molecular weight is 314 g/mol. The normalized spacial score (nSPS) is 19.7. The van der Waals surface area contributed by atoms with E-state index in [1.165, 1.54) is 29.8 Å². The van der Waals surface area contributed by atoms with Crippen LogP contribution in [0.4, 0.5) is 5.13 Å². The first-order valence-corrected chi connectivity index (χ1v) is 8.65. The van der Waals surface area contributed by atoms with Crippen molar-refractivity contribution in [1.29, 1.82) is 0 Å². The van der Waals surface area contributed by atoms with Crippen molar-refractivity contribution >= 4 is 22.4 Å². The molecule has 1 aromatic heterocycles. The molecule has 1 amide bonds. The van der Waals surface area contributed by atoms with Crippen LogP contribution >= 0.6 is 11.3 Å². The van der Waals surface area contributed by atoms with Gasteiger partial charge >= 0.3 is 0 Å². The lowest BCUT2D eigenvalue weighted by atomic mass is 10.1. The fourth-order valence-corrected chi connectivity index (χ4v) is 4.15. The number of carbonyl (C=O) groups is 1. The molecule has 0 spiro atoms. The number of hydrogen-bond donors (Lipinski definition) is 1. The summed E-state index contributed by atoms with van der Waals surface area (Å²) in [4.78, 5) is 18.3. The number of amides is 1. The number of anilines is 1. The van der Waals surface area contributed by atoms with Gasteiger partial charge in [-0.2, -0.15) is 0 Å². The summed E-state index contributed by atoms with van der Waals surface area (Å²) in [6.45, 7) is 0. The number of ether oxygens (including phenoxy) is 1. The summed E-state index contributed by atoms with van der Waals surface area (Å²) in [6, 6.07) is 7.82. The van der Waals surface area contributed by atoms with Crippen molar-refractivity contribution < 1.29 is 9.53 Å². The molecule has 1 N–H and O–H groups in total. The average Bonchev–Trinajstić information content (AvgIpc) is 3.05. The van der Waals surface area contributed by atoms with Gasteiger partial charge in [0.05, 0.1) is 5.69 Å². The number of hydrogen-bond acceptors (Lipinski definition) is 4. The van der Waals surface area contributed by atoms with E-state index in [4.69, 9.17) is 4.74 Å². The fraction of sp³-hybridized carbons (Fsp3) is 0.412. The number of rotatable bonds is 2. The maximum absolute atomic E-state index is 12.4. The Morgan fingerprint density at radius 1 is 1.23 bits per heavy atom. The number of aromatic nitrogens is 1. The maximum Gasteiger partial charge on any atom is 0.267 e. The number of nitrogens with zero attached hydrogens (tertiary/aromatic N) is 1. The highest BCUT2D eigenvalue weighted by molar-refractivity contribution is 7.15. The lowest BCUT2D eigenvalue weighted by Gasteiger charge is -2.09. The van der Waals surface area contributed by atoms with Crippen LogP contribution in [0.1, 0.15) is 35.4 Å². The Morgan fingerprint density at radius 3 is 3.00 bits per heavy atom. The van der Waals surface area contributed by atoms with Gasteiger partial charge in [0.2, 0.25) is 0 Å². The van der Waals surface area contributed by atoms with Crippen LogP contribution in [0.5, 0.6) is 5.75 Å². The molecule has 1 aliphatic heterocycles. The van der Waals surface area contributed by atoms with Crippen LogP contribution in [0.3, 0.4) is 0 Å². The molecule has 0 saturated carbocycles. The van der Waals surface area contributed by atoms with Crippen LogP contribution in [0.15, 0.2) is 24.3 Å². The summed E-state index contributed by atoms with van der Waals surface area (Å²) >= 11 is 1.62. The molecule has 2 aliphatic rings. The molecule has 1 aliphatic carbocycles. The monoisotopic (exact) mass is 314 g/mol. The van der Waals surface area contributed by atoms with Gasteiger partial charge in [0, 0.05) is 11.3 Å². The van der Waals surface area contributed by atoms with Crippen LogP contribution in [0, 0.1) is 0 Å². The molecule has 4 rings (SSSR count). The molecule has 114 valence electrons. The van der Waals surface area contributed by atoms with Crippen molar-refractivity contribution in [2.24, 2.45) is 0 Å². The standard InChI is InChI=1S/C17H18N2O2S/c20-16(14-10-11-6-4-5-8-13(11)21-14)19-17-18-12-7-2-1-3-9-15(12)22-17/h4-6,8,14H,1-3,7,9-10H2,(H,18,19,20)/t14-/m1/s1. The van der Waals surface area contributed by atoms with Crippen LogP contribution < -0.4 is 10.1 Å². The molecule has 1 atom stereocenters. The highest BCUT2D eigenvalue weighted by Crippen LogP contribution is 2.31. The topological polar surface area (TPSA) is 51.2 Å². The molecule has 5 heteroatoms. The highest BCUT2D eigenvalue weighted by Gasteiger charge is 2.29. The molecule has 0 fully saturated rings. The van der Waals surface area contributed by atoms with Crippen molar-refractivity contribution in [3.63, 3.8) is 0 Å². The van der Waals surface area contributed by atoms with Crippen LogP contribution in [-0.2, 0) is 24.1 Å². The van der Waals surface area contributed by atoms with E-state index in [0.717, 1.165) is 29.3 Å². The summed E-state index contributed by atoms with van der Waals surface area (Å²) in [5.74, 6) is 0.720. The van der Waals surface area contributed by atoms with E-state index in [9.17, 15) is 4.79 Å². The number of para-hydroxylation sites is 1. The molecular weight excluding hydrogens is 296 g/mol. The Bertz CT molecular complexity index is 662. The third-order valence-electron chi connectivity index (χ3n) is 4.27. The SMILES string of the molecule is O=C(Nc1nc2c(s1)CCCCC2)[C@H]1Cc2ccccc2O1. The minimum Gasteiger partial charge on any atom is -0.480 e. The molecule has 2 aromatic rings. The van der Waals surface area contributed by atoms with Gasteiger partial charge in [0.25, 0.3) is 5.91 Å². The summed E-state index contributed by atoms with van der Waals surface area (Å²) in [7, 11) is 0.